The minimum absolute atomic E-state index is 0. The molecule has 128 valence electrons. The van der Waals surface area contributed by atoms with E-state index in [-0.39, 0.29) is 30.8 Å². The van der Waals surface area contributed by atoms with Crippen molar-refractivity contribution in [2.45, 2.75) is 6.42 Å². The van der Waals surface area contributed by atoms with Crippen molar-refractivity contribution in [2.75, 3.05) is 52.1 Å². The summed E-state index contributed by atoms with van der Waals surface area (Å²) in [5.41, 5.74) is 1.65. The van der Waals surface area contributed by atoms with Crippen LogP contribution in [0.2, 0.25) is 0 Å². The molecule has 23 heavy (non-hydrogen) atoms. The Morgan fingerprint density at radius 3 is 2.52 bits per heavy atom. The number of halogens is 1. The number of piperazine rings is 1. The Morgan fingerprint density at radius 2 is 1.87 bits per heavy atom. The highest BCUT2D eigenvalue weighted by atomic mass is 35.5. The molecule has 1 aromatic rings. The van der Waals surface area contributed by atoms with E-state index in [0.717, 1.165) is 37.4 Å². The second kappa shape index (κ2) is 9.50. The summed E-state index contributed by atoms with van der Waals surface area (Å²) in [6.45, 7) is 3.68. The Kier molecular flexibility index (Phi) is 8.02. The number of anilines is 1. The second-order valence-corrected chi connectivity index (χ2v) is 5.64. The fourth-order valence-electron chi connectivity index (χ4n) is 2.47. The van der Waals surface area contributed by atoms with Gasteiger partial charge in [-0.05, 0) is 31.8 Å². The summed E-state index contributed by atoms with van der Waals surface area (Å²) in [7, 11) is 3.80. The lowest BCUT2D eigenvalue weighted by Crippen LogP contribution is -2.47. The Bertz CT molecular complexity index is 531. The third kappa shape index (κ3) is 6.17. The van der Waals surface area contributed by atoms with Gasteiger partial charge in [0, 0.05) is 31.9 Å². The van der Waals surface area contributed by atoms with Gasteiger partial charge in [0.15, 0.2) is 0 Å². The zero-order valence-electron chi connectivity index (χ0n) is 13.7. The lowest BCUT2D eigenvalue weighted by Gasteiger charge is -2.32. The average Bonchev–Trinajstić information content (AvgIpc) is 2.48. The van der Waals surface area contributed by atoms with Gasteiger partial charge in [0.1, 0.15) is 0 Å². The number of carbonyl (C=O) groups is 2. The lowest BCUT2D eigenvalue weighted by molar-refractivity contribution is -0.132. The molecule has 2 N–H and O–H groups in total. The van der Waals surface area contributed by atoms with E-state index in [4.69, 9.17) is 0 Å². The zero-order chi connectivity index (χ0) is 15.9. The van der Waals surface area contributed by atoms with Gasteiger partial charge in [0.05, 0.1) is 13.0 Å². The first kappa shape index (κ1) is 19.4. The van der Waals surface area contributed by atoms with Crippen LogP contribution in [0, 0.1) is 0 Å². The quantitative estimate of drug-likeness (QED) is 0.823. The van der Waals surface area contributed by atoms with Gasteiger partial charge >= 0.3 is 0 Å². The fraction of sp³-hybridized carbons (Fsp3) is 0.500. The molecule has 0 saturated carbocycles. The van der Waals surface area contributed by atoms with Crippen LogP contribution in [-0.2, 0) is 16.0 Å². The third-order valence-corrected chi connectivity index (χ3v) is 3.76. The largest absolute Gasteiger partial charge is 0.340 e. The maximum Gasteiger partial charge on any atom is 0.238 e. The summed E-state index contributed by atoms with van der Waals surface area (Å²) >= 11 is 0. The summed E-state index contributed by atoms with van der Waals surface area (Å²) in [5, 5.41) is 5.61. The van der Waals surface area contributed by atoms with E-state index in [0.29, 0.717) is 6.42 Å². The van der Waals surface area contributed by atoms with Crippen LogP contribution in [0.15, 0.2) is 24.3 Å². The van der Waals surface area contributed by atoms with Crippen LogP contribution in [-0.4, -0.2) is 68.4 Å². The van der Waals surface area contributed by atoms with Crippen molar-refractivity contribution < 1.29 is 9.59 Å². The minimum Gasteiger partial charge on any atom is -0.340 e. The summed E-state index contributed by atoms with van der Waals surface area (Å²) in [5.74, 6) is 0.0526. The van der Waals surface area contributed by atoms with Crippen LogP contribution in [0.5, 0.6) is 0 Å². The molecule has 1 aliphatic rings. The fourth-order valence-corrected chi connectivity index (χ4v) is 2.47. The molecule has 0 spiro atoms. The van der Waals surface area contributed by atoms with Gasteiger partial charge in [-0.25, -0.2) is 0 Å². The molecule has 1 aliphatic heterocycles. The Labute approximate surface area is 143 Å². The molecule has 0 atom stereocenters. The van der Waals surface area contributed by atoms with E-state index in [1.165, 1.54) is 0 Å². The lowest BCUT2D eigenvalue weighted by atomic mass is 10.1. The highest BCUT2D eigenvalue weighted by molar-refractivity contribution is 5.92. The van der Waals surface area contributed by atoms with E-state index in [9.17, 15) is 9.59 Å². The molecule has 7 heteroatoms. The van der Waals surface area contributed by atoms with Gasteiger partial charge in [-0.3, -0.25) is 9.59 Å². The molecule has 1 fully saturated rings. The van der Waals surface area contributed by atoms with Crippen LogP contribution in [0.1, 0.15) is 5.56 Å². The second-order valence-electron chi connectivity index (χ2n) is 5.64. The summed E-state index contributed by atoms with van der Waals surface area (Å²) in [4.78, 5) is 28.0. The molecule has 0 bridgehead atoms. The predicted molar refractivity (Wildman–Crippen MR) is 94.0 cm³/mol. The number of carbonyl (C=O) groups excluding carboxylic acids is 2. The van der Waals surface area contributed by atoms with Crippen molar-refractivity contribution in [3.05, 3.63) is 29.8 Å². The van der Waals surface area contributed by atoms with Crippen LogP contribution >= 0.6 is 12.4 Å². The first-order valence-corrected chi connectivity index (χ1v) is 7.58. The van der Waals surface area contributed by atoms with E-state index < -0.39 is 0 Å². The van der Waals surface area contributed by atoms with Crippen molar-refractivity contribution in [3.63, 3.8) is 0 Å². The number of rotatable bonds is 5. The molecular weight excluding hydrogens is 316 g/mol. The molecule has 0 radical (unpaired) electrons. The Balaban J connectivity index is 0.00000264. The minimum atomic E-state index is -0.0926. The van der Waals surface area contributed by atoms with Crippen molar-refractivity contribution in [2.24, 2.45) is 0 Å². The normalized spacial score (nSPS) is 15.0. The molecule has 1 aromatic carbocycles. The smallest absolute Gasteiger partial charge is 0.238 e. The van der Waals surface area contributed by atoms with Gasteiger partial charge in [-0.2, -0.15) is 0 Å². The monoisotopic (exact) mass is 340 g/mol. The summed E-state index contributed by atoms with van der Waals surface area (Å²) in [6.07, 6.45) is 0.374. The van der Waals surface area contributed by atoms with E-state index in [2.05, 4.69) is 22.6 Å². The highest BCUT2D eigenvalue weighted by Crippen LogP contribution is 2.12. The number of nitrogens with zero attached hydrogens (tertiary/aromatic N) is 2. The van der Waals surface area contributed by atoms with Crippen LogP contribution in [0.25, 0.3) is 0 Å². The topological polar surface area (TPSA) is 64.7 Å². The Morgan fingerprint density at radius 1 is 1.17 bits per heavy atom. The maximum atomic E-state index is 12.3. The molecule has 0 unspecified atom stereocenters. The molecular formula is C16H25ClN4O2. The number of nitrogens with one attached hydrogen (secondary N) is 2. The van der Waals surface area contributed by atoms with E-state index in [1.54, 1.807) is 7.05 Å². The van der Waals surface area contributed by atoms with E-state index >= 15 is 0 Å². The van der Waals surface area contributed by atoms with Crippen molar-refractivity contribution >= 4 is 29.9 Å². The van der Waals surface area contributed by atoms with Crippen molar-refractivity contribution in [1.82, 2.24) is 15.1 Å². The van der Waals surface area contributed by atoms with Gasteiger partial charge in [0.2, 0.25) is 11.8 Å². The molecule has 0 aromatic heterocycles. The van der Waals surface area contributed by atoms with Crippen molar-refractivity contribution in [1.29, 1.82) is 0 Å². The molecule has 2 rings (SSSR count). The van der Waals surface area contributed by atoms with E-state index in [1.807, 2.05) is 29.2 Å². The number of hydrogen-bond donors (Lipinski definition) is 2. The van der Waals surface area contributed by atoms with Crippen LogP contribution in [0.4, 0.5) is 5.69 Å². The average molecular weight is 341 g/mol. The molecule has 6 nitrogen and oxygen atoms in total. The predicted octanol–water partition coefficient (Wildman–Crippen LogP) is 0.583. The molecule has 1 saturated heterocycles. The summed E-state index contributed by atoms with van der Waals surface area (Å²) in [6, 6.07) is 7.47. The molecule has 2 amide bonds. The molecule has 0 aliphatic carbocycles. The summed E-state index contributed by atoms with van der Waals surface area (Å²) < 4.78 is 0. The number of amides is 2. The van der Waals surface area contributed by atoms with Gasteiger partial charge < -0.3 is 20.4 Å². The standard InChI is InChI=1S/C16H24N4O2.ClH/c1-17-12-15(21)18-14-5-3-4-13(10-14)11-16(22)20-8-6-19(2)7-9-20;/h3-5,10,17H,6-9,11-12H2,1-2H3,(H,18,21);1H. The van der Waals surface area contributed by atoms with Gasteiger partial charge in [-0.15, -0.1) is 12.4 Å². The molecule has 1 heterocycles. The van der Waals surface area contributed by atoms with Crippen molar-refractivity contribution in [3.8, 4) is 0 Å². The van der Waals surface area contributed by atoms with Crippen LogP contribution in [0.3, 0.4) is 0 Å². The Hall–Kier alpha value is -1.63. The number of likely N-dealkylation sites (N-methyl/N-ethyl adjacent to an activating group) is 2. The first-order valence-electron chi connectivity index (χ1n) is 7.58. The first-order chi connectivity index (χ1) is 10.6. The van der Waals surface area contributed by atoms with Crippen LogP contribution < -0.4 is 10.6 Å². The maximum absolute atomic E-state index is 12.3. The number of benzene rings is 1. The number of hydrogen-bond acceptors (Lipinski definition) is 4. The third-order valence-electron chi connectivity index (χ3n) is 3.76. The highest BCUT2D eigenvalue weighted by Gasteiger charge is 2.19. The zero-order valence-corrected chi connectivity index (χ0v) is 14.5. The van der Waals surface area contributed by atoms with Gasteiger partial charge in [0.25, 0.3) is 0 Å². The van der Waals surface area contributed by atoms with Gasteiger partial charge in [-0.1, -0.05) is 12.1 Å². The SMILES string of the molecule is CNCC(=O)Nc1cccc(CC(=O)N2CCN(C)CC2)c1.Cl.